The normalized spacial score (nSPS) is 18.4. The highest BCUT2D eigenvalue weighted by Gasteiger charge is 2.40. The minimum atomic E-state index is -0.930. The van der Waals surface area contributed by atoms with E-state index in [2.05, 4.69) is 0 Å². The number of methoxy groups -OCH3 is 3. The van der Waals surface area contributed by atoms with Crippen molar-refractivity contribution in [3.63, 3.8) is 0 Å². The van der Waals surface area contributed by atoms with Gasteiger partial charge in [-0.15, -0.1) is 0 Å². The zero-order valence-electron chi connectivity index (χ0n) is 17.6. The van der Waals surface area contributed by atoms with Crippen molar-refractivity contribution in [3.05, 3.63) is 59.7 Å². The third kappa shape index (κ3) is 4.32. The number of hydrogen-bond acceptors (Lipinski definition) is 6. The first-order valence-electron chi connectivity index (χ1n) is 9.79. The van der Waals surface area contributed by atoms with Crippen molar-refractivity contribution in [3.8, 4) is 17.2 Å². The Hall–Kier alpha value is -3.28. The molecule has 0 aromatic heterocycles. The molecule has 0 heterocycles. The molecule has 0 amide bonds. The van der Waals surface area contributed by atoms with Crippen LogP contribution in [-0.2, 0) is 14.3 Å². The number of hydrogen-bond donors (Lipinski definition) is 0. The fraction of sp³-hybridized carbons (Fsp3) is 0.333. The standard InChI is InChI=1S/C24H26O6/c1-5-30-24(26)23-20(15-10-17(27-2)14-18(11-15)28-3)12-16(13-21(23)25)19-8-6-7-9-22(19)29-4/h6-11,13-14,20,23H,5,12H2,1-4H3. The third-order valence-corrected chi connectivity index (χ3v) is 5.26. The lowest BCUT2D eigenvalue weighted by molar-refractivity contribution is -0.151. The Labute approximate surface area is 176 Å². The summed E-state index contributed by atoms with van der Waals surface area (Å²) >= 11 is 0. The maximum atomic E-state index is 13.1. The highest BCUT2D eigenvalue weighted by atomic mass is 16.5. The van der Waals surface area contributed by atoms with Crippen molar-refractivity contribution >= 4 is 17.3 Å². The average Bonchev–Trinajstić information content (AvgIpc) is 2.78. The summed E-state index contributed by atoms with van der Waals surface area (Å²) in [6.45, 7) is 1.94. The van der Waals surface area contributed by atoms with Crippen molar-refractivity contribution in [2.45, 2.75) is 19.3 Å². The molecule has 2 atom stereocenters. The van der Waals surface area contributed by atoms with Crippen LogP contribution in [0.4, 0.5) is 0 Å². The fourth-order valence-electron chi connectivity index (χ4n) is 3.84. The van der Waals surface area contributed by atoms with Gasteiger partial charge in [-0.05, 0) is 48.8 Å². The number of esters is 1. The highest BCUT2D eigenvalue weighted by molar-refractivity contribution is 6.11. The smallest absolute Gasteiger partial charge is 0.317 e. The Kier molecular flexibility index (Phi) is 6.77. The first-order valence-corrected chi connectivity index (χ1v) is 9.79. The van der Waals surface area contributed by atoms with Crippen LogP contribution in [0.3, 0.4) is 0 Å². The molecule has 30 heavy (non-hydrogen) atoms. The summed E-state index contributed by atoms with van der Waals surface area (Å²) in [4.78, 5) is 25.8. The van der Waals surface area contributed by atoms with Crippen molar-refractivity contribution in [2.24, 2.45) is 5.92 Å². The van der Waals surface area contributed by atoms with Gasteiger partial charge in [-0.2, -0.15) is 0 Å². The van der Waals surface area contributed by atoms with E-state index < -0.39 is 17.8 Å². The van der Waals surface area contributed by atoms with Gasteiger partial charge in [0.05, 0.1) is 27.9 Å². The van der Waals surface area contributed by atoms with Gasteiger partial charge in [-0.3, -0.25) is 9.59 Å². The van der Waals surface area contributed by atoms with Crippen LogP contribution >= 0.6 is 0 Å². The number of para-hydroxylation sites is 1. The van der Waals surface area contributed by atoms with Gasteiger partial charge in [-0.1, -0.05) is 18.2 Å². The van der Waals surface area contributed by atoms with Crippen molar-refractivity contribution in [2.75, 3.05) is 27.9 Å². The van der Waals surface area contributed by atoms with Gasteiger partial charge in [0.1, 0.15) is 23.2 Å². The van der Waals surface area contributed by atoms with Gasteiger partial charge in [0, 0.05) is 17.5 Å². The fourth-order valence-corrected chi connectivity index (χ4v) is 3.84. The Morgan fingerprint density at radius 1 is 1.00 bits per heavy atom. The van der Waals surface area contributed by atoms with Gasteiger partial charge in [0.25, 0.3) is 0 Å². The SMILES string of the molecule is CCOC(=O)C1C(=O)C=C(c2ccccc2OC)CC1c1cc(OC)cc(OC)c1. The topological polar surface area (TPSA) is 71.1 Å². The van der Waals surface area contributed by atoms with E-state index in [0.29, 0.717) is 23.7 Å². The maximum absolute atomic E-state index is 13.1. The number of rotatable bonds is 7. The number of carbonyl (C=O) groups excluding carboxylic acids is 2. The van der Waals surface area contributed by atoms with Gasteiger partial charge in [-0.25, -0.2) is 0 Å². The van der Waals surface area contributed by atoms with Gasteiger partial charge in [0.2, 0.25) is 0 Å². The molecule has 0 bridgehead atoms. The van der Waals surface area contributed by atoms with Crippen LogP contribution < -0.4 is 14.2 Å². The largest absolute Gasteiger partial charge is 0.497 e. The van der Waals surface area contributed by atoms with Gasteiger partial charge in [0.15, 0.2) is 5.78 Å². The molecule has 0 radical (unpaired) electrons. The molecule has 0 spiro atoms. The summed E-state index contributed by atoms with van der Waals surface area (Å²) in [5.74, 6) is -0.309. The number of ether oxygens (including phenoxy) is 4. The molecule has 0 N–H and O–H groups in total. The monoisotopic (exact) mass is 410 g/mol. The van der Waals surface area contributed by atoms with E-state index >= 15 is 0 Å². The molecule has 6 nitrogen and oxygen atoms in total. The highest BCUT2D eigenvalue weighted by Crippen LogP contribution is 2.43. The zero-order chi connectivity index (χ0) is 21.7. The molecule has 0 saturated carbocycles. The number of benzene rings is 2. The van der Waals surface area contributed by atoms with E-state index in [4.69, 9.17) is 18.9 Å². The lowest BCUT2D eigenvalue weighted by atomic mass is 9.73. The average molecular weight is 410 g/mol. The zero-order valence-corrected chi connectivity index (χ0v) is 17.6. The third-order valence-electron chi connectivity index (χ3n) is 5.26. The van der Waals surface area contributed by atoms with Crippen LogP contribution in [0.25, 0.3) is 5.57 Å². The lowest BCUT2D eigenvalue weighted by Crippen LogP contribution is -2.34. The lowest BCUT2D eigenvalue weighted by Gasteiger charge is -2.30. The summed E-state index contributed by atoms with van der Waals surface area (Å²) in [6, 6.07) is 12.9. The summed E-state index contributed by atoms with van der Waals surface area (Å²) < 4.78 is 21.5. The predicted molar refractivity (Wildman–Crippen MR) is 113 cm³/mol. The van der Waals surface area contributed by atoms with Crippen LogP contribution in [0.15, 0.2) is 48.5 Å². The molecule has 158 valence electrons. The van der Waals surface area contributed by atoms with E-state index in [0.717, 1.165) is 16.7 Å². The second kappa shape index (κ2) is 9.48. The number of allylic oxidation sites excluding steroid dienone is 2. The van der Waals surface area contributed by atoms with E-state index in [1.165, 1.54) is 6.08 Å². The minimum Gasteiger partial charge on any atom is -0.497 e. The molecule has 3 rings (SSSR count). The first-order chi connectivity index (χ1) is 14.5. The Bertz CT molecular complexity index is 940. The van der Waals surface area contributed by atoms with Crippen LogP contribution in [0.2, 0.25) is 0 Å². The molecule has 1 aliphatic rings. The second-order valence-corrected chi connectivity index (χ2v) is 6.96. The Morgan fingerprint density at radius 3 is 2.27 bits per heavy atom. The predicted octanol–water partition coefficient (Wildman–Crippen LogP) is 4.03. The summed E-state index contributed by atoms with van der Waals surface area (Å²) in [5.41, 5.74) is 2.42. The summed E-state index contributed by atoms with van der Waals surface area (Å²) in [6.07, 6.45) is 2.00. The summed E-state index contributed by atoms with van der Waals surface area (Å²) in [5, 5.41) is 0. The summed E-state index contributed by atoms with van der Waals surface area (Å²) in [7, 11) is 4.72. The van der Waals surface area contributed by atoms with Crippen LogP contribution in [-0.4, -0.2) is 39.7 Å². The van der Waals surface area contributed by atoms with Crippen molar-refractivity contribution in [1.29, 1.82) is 0 Å². The quantitative estimate of drug-likeness (QED) is 0.507. The molecular weight excluding hydrogens is 384 g/mol. The molecule has 2 aromatic rings. The van der Waals surface area contributed by atoms with Gasteiger partial charge >= 0.3 is 5.97 Å². The number of carbonyl (C=O) groups is 2. The molecule has 1 aliphatic carbocycles. The van der Waals surface area contributed by atoms with E-state index in [9.17, 15) is 9.59 Å². The first kappa shape index (κ1) is 21.4. The Morgan fingerprint density at radius 2 is 1.67 bits per heavy atom. The van der Waals surface area contributed by atoms with E-state index in [1.54, 1.807) is 34.3 Å². The van der Waals surface area contributed by atoms with Crippen molar-refractivity contribution < 1.29 is 28.5 Å². The Balaban J connectivity index is 2.11. The van der Waals surface area contributed by atoms with Crippen molar-refractivity contribution in [1.82, 2.24) is 0 Å². The molecule has 6 heteroatoms. The molecule has 0 fully saturated rings. The molecule has 2 aromatic carbocycles. The molecule has 2 unspecified atom stereocenters. The molecule has 0 saturated heterocycles. The molecule has 0 aliphatic heterocycles. The van der Waals surface area contributed by atoms with E-state index in [-0.39, 0.29) is 12.4 Å². The molecular formula is C24H26O6. The minimum absolute atomic E-state index is 0.208. The second-order valence-electron chi connectivity index (χ2n) is 6.96. The number of ketones is 1. The van der Waals surface area contributed by atoms with Gasteiger partial charge < -0.3 is 18.9 Å². The van der Waals surface area contributed by atoms with E-state index in [1.807, 2.05) is 36.4 Å². The van der Waals surface area contributed by atoms with Crippen LogP contribution in [0.1, 0.15) is 30.4 Å². The maximum Gasteiger partial charge on any atom is 0.317 e. The van der Waals surface area contributed by atoms with Crippen LogP contribution in [0, 0.1) is 5.92 Å². The van der Waals surface area contributed by atoms with Crippen LogP contribution in [0.5, 0.6) is 17.2 Å².